The van der Waals surface area contributed by atoms with Gasteiger partial charge in [0.15, 0.2) is 11.5 Å². The maximum absolute atomic E-state index is 12.8. The fourth-order valence-corrected chi connectivity index (χ4v) is 2.37. The number of carbonyl (C=O) groups is 2. The molecule has 0 fully saturated rings. The molecule has 26 heavy (non-hydrogen) atoms. The molecule has 2 aromatic heterocycles. The lowest BCUT2D eigenvalue weighted by molar-refractivity contribution is -0.115. The number of urea groups is 1. The predicted molar refractivity (Wildman–Crippen MR) is 93.0 cm³/mol. The van der Waals surface area contributed by atoms with E-state index in [-0.39, 0.29) is 6.54 Å². The van der Waals surface area contributed by atoms with Crippen molar-refractivity contribution < 1.29 is 14.0 Å². The van der Waals surface area contributed by atoms with Gasteiger partial charge in [-0.05, 0) is 43.3 Å². The molecule has 134 valence electrons. The van der Waals surface area contributed by atoms with Crippen molar-refractivity contribution in [1.82, 2.24) is 25.2 Å². The number of aromatic nitrogens is 3. The van der Waals surface area contributed by atoms with E-state index < -0.39 is 23.8 Å². The van der Waals surface area contributed by atoms with E-state index in [1.165, 1.54) is 24.3 Å². The van der Waals surface area contributed by atoms with Crippen molar-refractivity contribution in [2.24, 2.45) is 0 Å². The van der Waals surface area contributed by atoms with Crippen LogP contribution in [-0.2, 0) is 4.79 Å². The van der Waals surface area contributed by atoms with Crippen LogP contribution in [0.2, 0.25) is 0 Å². The molecule has 0 unspecified atom stereocenters. The molecule has 0 saturated heterocycles. The first-order chi connectivity index (χ1) is 12.5. The summed E-state index contributed by atoms with van der Waals surface area (Å²) in [4.78, 5) is 23.8. The molecule has 0 saturated carbocycles. The average Bonchev–Trinajstić information content (AvgIpc) is 3.06. The van der Waals surface area contributed by atoms with Gasteiger partial charge in [0.1, 0.15) is 5.82 Å². The minimum absolute atomic E-state index is 0.226. The standard InChI is InChI=1S/C17H17FN6O2/c1-11(16-23-22-14-4-2-3-9-24(14)16)20-17(26)19-10-15(25)21-13-7-5-12(18)6-8-13/h2-9,11H,10H2,1H3,(H,21,25)(H2,19,20,26)/t11-/m0/s1. The Morgan fingerprint density at radius 2 is 1.92 bits per heavy atom. The zero-order valence-electron chi connectivity index (χ0n) is 13.9. The van der Waals surface area contributed by atoms with Crippen molar-refractivity contribution in [1.29, 1.82) is 0 Å². The van der Waals surface area contributed by atoms with Gasteiger partial charge < -0.3 is 16.0 Å². The van der Waals surface area contributed by atoms with Gasteiger partial charge in [-0.15, -0.1) is 10.2 Å². The summed E-state index contributed by atoms with van der Waals surface area (Å²) in [6.45, 7) is 1.54. The van der Waals surface area contributed by atoms with Crippen molar-refractivity contribution >= 4 is 23.3 Å². The second kappa shape index (κ2) is 7.60. The number of amides is 3. The molecule has 3 N–H and O–H groups in total. The number of hydrogen-bond acceptors (Lipinski definition) is 4. The van der Waals surface area contributed by atoms with Crippen LogP contribution >= 0.6 is 0 Å². The number of hydrogen-bond donors (Lipinski definition) is 3. The summed E-state index contributed by atoms with van der Waals surface area (Å²) in [5.41, 5.74) is 1.12. The van der Waals surface area contributed by atoms with Gasteiger partial charge in [0, 0.05) is 11.9 Å². The number of nitrogens with zero attached hydrogens (tertiary/aromatic N) is 3. The van der Waals surface area contributed by atoms with Gasteiger partial charge in [-0.3, -0.25) is 9.20 Å². The Kier molecular flexibility index (Phi) is 5.07. The highest BCUT2D eigenvalue weighted by molar-refractivity contribution is 5.94. The van der Waals surface area contributed by atoms with Crippen molar-refractivity contribution in [3.8, 4) is 0 Å². The number of nitrogens with one attached hydrogen (secondary N) is 3. The van der Waals surface area contributed by atoms with Crippen LogP contribution in [0.25, 0.3) is 5.65 Å². The van der Waals surface area contributed by atoms with Crippen LogP contribution in [0, 0.1) is 5.82 Å². The van der Waals surface area contributed by atoms with E-state index in [1.54, 1.807) is 17.5 Å². The molecule has 0 bridgehead atoms. The lowest BCUT2D eigenvalue weighted by Gasteiger charge is -2.13. The molecular formula is C17H17FN6O2. The van der Waals surface area contributed by atoms with E-state index >= 15 is 0 Å². The second-order valence-corrected chi connectivity index (χ2v) is 5.59. The van der Waals surface area contributed by atoms with Gasteiger partial charge in [-0.2, -0.15) is 0 Å². The van der Waals surface area contributed by atoms with Crippen LogP contribution in [-0.4, -0.2) is 33.1 Å². The summed E-state index contributed by atoms with van der Waals surface area (Å²) in [6, 6.07) is 9.92. The number of benzene rings is 1. The first kappa shape index (κ1) is 17.3. The van der Waals surface area contributed by atoms with Gasteiger partial charge in [0.25, 0.3) is 0 Å². The van der Waals surface area contributed by atoms with E-state index in [4.69, 9.17) is 0 Å². The van der Waals surface area contributed by atoms with E-state index in [1.807, 2.05) is 18.2 Å². The Morgan fingerprint density at radius 1 is 1.15 bits per heavy atom. The number of fused-ring (bicyclic) bond motifs is 1. The minimum atomic E-state index is -0.514. The Morgan fingerprint density at radius 3 is 2.69 bits per heavy atom. The van der Waals surface area contributed by atoms with Crippen molar-refractivity contribution in [3.05, 3.63) is 60.3 Å². The first-order valence-corrected chi connectivity index (χ1v) is 7.92. The third-order valence-corrected chi connectivity index (χ3v) is 3.61. The Bertz CT molecular complexity index is 924. The van der Waals surface area contributed by atoms with Crippen LogP contribution in [0.4, 0.5) is 14.9 Å². The number of pyridine rings is 1. The zero-order chi connectivity index (χ0) is 18.5. The number of halogens is 1. The molecule has 1 aromatic carbocycles. The van der Waals surface area contributed by atoms with E-state index in [0.29, 0.717) is 17.2 Å². The highest BCUT2D eigenvalue weighted by atomic mass is 19.1. The molecular weight excluding hydrogens is 339 g/mol. The van der Waals surface area contributed by atoms with Crippen molar-refractivity contribution in [2.45, 2.75) is 13.0 Å². The number of rotatable bonds is 5. The topological polar surface area (TPSA) is 100 Å². The summed E-state index contributed by atoms with van der Waals surface area (Å²) in [5.74, 6) is -0.241. The molecule has 1 atom stereocenters. The third kappa shape index (κ3) is 4.12. The number of carbonyl (C=O) groups excluding carboxylic acids is 2. The minimum Gasteiger partial charge on any atom is -0.329 e. The SMILES string of the molecule is C[C@H](NC(=O)NCC(=O)Nc1ccc(F)cc1)c1nnc2ccccn12. The van der Waals surface area contributed by atoms with Gasteiger partial charge in [0.05, 0.1) is 12.6 Å². The molecule has 0 aliphatic rings. The third-order valence-electron chi connectivity index (χ3n) is 3.61. The van der Waals surface area contributed by atoms with E-state index in [0.717, 1.165) is 0 Å². The lowest BCUT2D eigenvalue weighted by atomic mass is 10.3. The monoisotopic (exact) mass is 356 g/mol. The fourth-order valence-electron chi connectivity index (χ4n) is 2.37. The maximum Gasteiger partial charge on any atom is 0.315 e. The fraction of sp³-hybridized carbons (Fsp3) is 0.176. The Hall–Kier alpha value is -3.49. The normalized spacial score (nSPS) is 11.8. The number of anilines is 1. The average molecular weight is 356 g/mol. The van der Waals surface area contributed by atoms with Crippen LogP contribution in [0.5, 0.6) is 0 Å². The first-order valence-electron chi connectivity index (χ1n) is 7.92. The smallest absolute Gasteiger partial charge is 0.315 e. The largest absolute Gasteiger partial charge is 0.329 e. The predicted octanol–water partition coefficient (Wildman–Crippen LogP) is 1.87. The second-order valence-electron chi connectivity index (χ2n) is 5.59. The maximum atomic E-state index is 12.8. The molecule has 9 heteroatoms. The van der Waals surface area contributed by atoms with Crippen LogP contribution in [0.3, 0.4) is 0 Å². The molecule has 0 radical (unpaired) electrons. The van der Waals surface area contributed by atoms with Crippen LogP contribution in [0.15, 0.2) is 48.7 Å². The molecule has 3 aromatic rings. The van der Waals surface area contributed by atoms with Crippen molar-refractivity contribution in [3.63, 3.8) is 0 Å². The van der Waals surface area contributed by atoms with Gasteiger partial charge in [-0.1, -0.05) is 6.07 Å². The highest BCUT2D eigenvalue weighted by Gasteiger charge is 2.16. The van der Waals surface area contributed by atoms with E-state index in [2.05, 4.69) is 26.1 Å². The van der Waals surface area contributed by atoms with Gasteiger partial charge >= 0.3 is 6.03 Å². The van der Waals surface area contributed by atoms with Crippen molar-refractivity contribution in [2.75, 3.05) is 11.9 Å². The van der Waals surface area contributed by atoms with E-state index in [9.17, 15) is 14.0 Å². The van der Waals surface area contributed by atoms with Crippen LogP contribution in [0.1, 0.15) is 18.8 Å². The quantitative estimate of drug-likeness (QED) is 0.650. The zero-order valence-corrected chi connectivity index (χ0v) is 13.9. The molecule has 3 amide bonds. The molecule has 0 spiro atoms. The molecule has 8 nitrogen and oxygen atoms in total. The summed E-state index contributed by atoms with van der Waals surface area (Å²) in [7, 11) is 0. The molecule has 3 rings (SSSR count). The summed E-state index contributed by atoms with van der Waals surface area (Å²) < 4.78 is 14.6. The summed E-state index contributed by atoms with van der Waals surface area (Å²) >= 11 is 0. The lowest BCUT2D eigenvalue weighted by Crippen LogP contribution is -2.41. The molecule has 0 aliphatic heterocycles. The molecule has 0 aliphatic carbocycles. The summed E-state index contributed by atoms with van der Waals surface area (Å²) in [6.07, 6.45) is 1.80. The Balaban J connectivity index is 1.50. The van der Waals surface area contributed by atoms with Gasteiger partial charge in [0.2, 0.25) is 5.91 Å². The van der Waals surface area contributed by atoms with Crippen LogP contribution < -0.4 is 16.0 Å². The highest BCUT2D eigenvalue weighted by Crippen LogP contribution is 2.11. The Labute approximate surface area is 148 Å². The van der Waals surface area contributed by atoms with Gasteiger partial charge in [-0.25, -0.2) is 9.18 Å². The summed E-state index contributed by atoms with van der Waals surface area (Å²) in [5, 5.41) is 15.8. The molecule has 2 heterocycles.